The number of carbonyl (C=O) groups is 1. The molecular weight excluding hydrogens is 433 g/mol. The van der Waals surface area contributed by atoms with Crippen LogP contribution in [0.3, 0.4) is 0 Å². The third kappa shape index (κ3) is 5.65. The van der Waals surface area contributed by atoms with E-state index in [1.807, 2.05) is 6.92 Å². The number of sulfone groups is 1. The number of benzene rings is 2. The van der Waals surface area contributed by atoms with Crippen LogP contribution in [-0.2, 0) is 16.4 Å². The van der Waals surface area contributed by atoms with E-state index in [1.165, 1.54) is 0 Å². The largest absolute Gasteiger partial charge is 0.494 e. The highest BCUT2D eigenvalue weighted by Crippen LogP contribution is 2.27. The van der Waals surface area contributed by atoms with Crippen molar-refractivity contribution in [1.82, 2.24) is 4.90 Å². The lowest BCUT2D eigenvalue weighted by molar-refractivity contribution is 0.0680. The Bertz CT molecular complexity index is 994. The zero-order chi connectivity index (χ0) is 21.0. The maximum absolute atomic E-state index is 13.4. The Morgan fingerprint density at radius 3 is 2.66 bits per heavy atom. The van der Waals surface area contributed by atoms with Crippen molar-refractivity contribution in [1.29, 1.82) is 0 Å². The summed E-state index contributed by atoms with van der Waals surface area (Å²) in [7, 11) is -3.16. The second-order valence-corrected chi connectivity index (χ2v) is 10.2. The van der Waals surface area contributed by atoms with Crippen molar-refractivity contribution < 1.29 is 17.9 Å². The number of hydrogen-bond acceptors (Lipinski definition) is 4. The predicted molar refractivity (Wildman–Crippen MR) is 116 cm³/mol. The Hall–Kier alpha value is -1.76. The van der Waals surface area contributed by atoms with Gasteiger partial charge in [-0.05, 0) is 48.7 Å². The van der Waals surface area contributed by atoms with Gasteiger partial charge in [-0.25, -0.2) is 8.42 Å². The molecule has 8 heteroatoms. The van der Waals surface area contributed by atoms with Gasteiger partial charge in [0.25, 0.3) is 5.91 Å². The van der Waals surface area contributed by atoms with Gasteiger partial charge in [-0.3, -0.25) is 4.79 Å². The second-order valence-electron chi connectivity index (χ2n) is 7.10. The van der Waals surface area contributed by atoms with Crippen LogP contribution in [0.5, 0.6) is 5.75 Å². The van der Waals surface area contributed by atoms with Gasteiger partial charge in [-0.1, -0.05) is 42.3 Å². The topological polar surface area (TPSA) is 63.7 Å². The molecule has 0 saturated carbocycles. The second kappa shape index (κ2) is 9.37. The molecule has 0 aliphatic carbocycles. The zero-order valence-electron chi connectivity index (χ0n) is 16.1. The van der Waals surface area contributed by atoms with Crippen molar-refractivity contribution in [2.75, 3.05) is 18.1 Å². The zero-order valence-corrected chi connectivity index (χ0v) is 18.4. The van der Waals surface area contributed by atoms with E-state index in [0.29, 0.717) is 39.9 Å². The summed E-state index contributed by atoms with van der Waals surface area (Å²) in [5.74, 6) is 0.395. The lowest BCUT2D eigenvalue weighted by Gasteiger charge is -2.29. The molecule has 0 N–H and O–H groups in total. The Morgan fingerprint density at radius 2 is 2.00 bits per heavy atom. The minimum atomic E-state index is -3.16. The molecule has 1 atom stereocenters. The van der Waals surface area contributed by atoms with E-state index in [-0.39, 0.29) is 24.0 Å². The molecule has 0 spiro atoms. The Kier molecular flexibility index (Phi) is 7.09. The summed E-state index contributed by atoms with van der Waals surface area (Å²) >= 11 is 12.3. The fourth-order valence-corrected chi connectivity index (χ4v) is 5.52. The normalized spacial score (nSPS) is 17.8. The van der Waals surface area contributed by atoms with Crippen LogP contribution < -0.4 is 4.74 Å². The van der Waals surface area contributed by atoms with Gasteiger partial charge >= 0.3 is 0 Å². The van der Waals surface area contributed by atoms with Gasteiger partial charge in [-0.15, -0.1) is 0 Å². The van der Waals surface area contributed by atoms with Gasteiger partial charge in [0.2, 0.25) is 0 Å². The predicted octanol–water partition coefficient (Wildman–Crippen LogP) is 4.61. The van der Waals surface area contributed by atoms with Crippen molar-refractivity contribution >= 4 is 38.9 Å². The van der Waals surface area contributed by atoms with Crippen molar-refractivity contribution in [2.24, 2.45) is 0 Å². The van der Waals surface area contributed by atoms with Crippen LogP contribution in [-0.4, -0.2) is 43.4 Å². The molecule has 156 valence electrons. The van der Waals surface area contributed by atoms with Crippen LogP contribution in [0, 0.1) is 0 Å². The molecule has 2 aromatic carbocycles. The maximum Gasteiger partial charge on any atom is 0.254 e. The molecule has 29 heavy (non-hydrogen) atoms. The number of halogens is 2. The summed E-state index contributed by atoms with van der Waals surface area (Å²) in [4.78, 5) is 15.0. The first-order chi connectivity index (χ1) is 13.8. The summed E-state index contributed by atoms with van der Waals surface area (Å²) in [6.45, 7) is 2.77. The molecule has 1 aliphatic rings. The van der Waals surface area contributed by atoms with E-state index in [9.17, 15) is 13.2 Å². The van der Waals surface area contributed by atoms with Crippen LogP contribution in [0.15, 0.2) is 42.5 Å². The lowest BCUT2D eigenvalue weighted by Crippen LogP contribution is -2.40. The number of nitrogens with zero attached hydrogens (tertiary/aromatic N) is 1. The molecular formula is C21H23Cl2NO4S. The van der Waals surface area contributed by atoms with E-state index in [4.69, 9.17) is 27.9 Å². The summed E-state index contributed by atoms with van der Waals surface area (Å²) in [6, 6.07) is 11.6. The molecule has 1 saturated heterocycles. The average molecular weight is 456 g/mol. The molecule has 1 aliphatic heterocycles. The highest BCUT2D eigenvalue weighted by molar-refractivity contribution is 7.91. The van der Waals surface area contributed by atoms with Crippen LogP contribution in [0.2, 0.25) is 10.0 Å². The molecule has 5 nitrogen and oxygen atoms in total. The first kappa shape index (κ1) is 21.9. The van der Waals surface area contributed by atoms with Crippen molar-refractivity contribution in [2.45, 2.75) is 32.4 Å². The van der Waals surface area contributed by atoms with Gasteiger partial charge in [0.1, 0.15) is 5.75 Å². The minimum absolute atomic E-state index is 0.0457. The molecule has 1 unspecified atom stereocenters. The Morgan fingerprint density at radius 1 is 1.21 bits per heavy atom. The average Bonchev–Trinajstić information content (AvgIpc) is 3.05. The lowest BCUT2D eigenvalue weighted by atomic mass is 10.1. The highest BCUT2D eigenvalue weighted by atomic mass is 35.5. The number of rotatable bonds is 7. The van der Waals surface area contributed by atoms with Gasteiger partial charge in [0, 0.05) is 28.2 Å². The number of carbonyl (C=O) groups excluding carboxylic acids is 1. The molecule has 0 aromatic heterocycles. The van der Waals surface area contributed by atoms with Crippen molar-refractivity contribution in [3.63, 3.8) is 0 Å². The number of ether oxygens (including phenoxy) is 1. The van der Waals surface area contributed by atoms with E-state index >= 15 is 0 Å². The molecule has 2 aromatic rings. The maximum atomic E-state index is 13.4. The SMILES string of the molecule is CCCOc1cccc(C(=O)N(Cc2ccc(Cl)cc2Cl)C2CCS(=O)(=O)C2)c1. The summed E-state index contributed by atoms with van der Waals surface area (Å²) in [6.07, 6.45) is 1.27. The van der Waals surface area contributed by atoms with Crippen LogP contribution in [0.1, 0.15) is 35.7 Å². The Balaban J connectivity index is 1.91. The minimum Gasteiger partial charge on any atom is -0.494 e. The standard InChI is InChI=1S/C21H23Cl2NO4S/c1-2-9-28-19-5-3-4-15(11-19)21(25)24(18-8-10-29(26,27)14-18)13-16-6-7-17(22)12-20(16)23/h3-7,11-12,18H,2,8-10,13-14H2,1H3. The molecule has 3 rings (SSSR count). The summed E-state index contributed by atoms with van der Waals surface area (Å²) in [5, 5.41) is 0.942. The fourth-order valence-electron chi connectivity index (χ4n) is 3.33. The van der Waals surface area contributed by atoms with E-state index in [0.717, 1.165) is 6.42 Å². The fraction of sp³-hybridized carbons (Fsp3) is 0.381. The first-order valence-corrected chi connectivity index (χ1v) is 12.0. The quantitative estimate of drug-likeness (QED) is 0.611. The number of amides is 1. The van der Waals surface area contributed by atoms with Gasteiger partial charge in [0.05, 0.1) is 18.1 Å². The number of hydrogen-bond donors (Lipinski definition) is 0. The van der Waals surface area contributed by atoms with Crippen LogP contribution >= 0.6 is 23.2 Å². The van der Waals surface area contributed by atoms with Crippen LogP contribution in [0.4, 0.5) is 0 Å². The first-order valence-electron chi connectivity index (χ1n) is 9.47. The summed E-state index contributed by atoms with van der Waals surface area (Å²) in [5.41, 5.74) is 1.17. The smallest absolute Gasteiger partial charge is 0.254 e. The van der Waals surface area contributed by atoms with Crippen LogP contribution in [0.25, 0.3) is 0 Å². The molecule has 0 radical (unpaired) electrons. The van der Waals surface area contributed by atoms with Crippen molar-refractivity contribution in [3.8, 4) is 5.75 Å². The molecule has 1 fully saturated rings. The monoisotopic (exact) mass is 455 g/mol. The van der Waals surface area contributed by atoms with E-state index < -0.39 is 15.9 Å². The Labute approximate surface area is 181 Å². The molecule has 0 bridgehead atoms. The summed E-state index contributed by atoms with van der Waals surface area (Å²) < 4.78 is 29.7. The third-order valence-electron chi connectivity index (χ3n) is 4.82. The third-order valence-corrected chi connectivity index (χ3v) is 7.16. The highest BCUT2D eigenvalue weighted by Gasteiger charge is 2.35. The van der Waals surface area contributed by atoms with E-state index in [2.05, 4.69) is 0 Å². The molecule has 1 heterocycles. The van der Waals surface area contributed by atoms with E-state index in [1.54, 1.807) is 47.4 Å². The molecule has 1 amide bonds. The van der Waals surface area contributed by atoms with Crippen molar-refractivity contribution in [3.05, 3.63) is 63.6 Å². The van der Waals surface area contributed by atoms with Gasteiger partial charge < -0.3 is 9.64 Å². The van der Waals surface area contributed by atoms with Gasteiger partial charge in [-0.2, -0.15) is 0 Å². The van der Waals surface area contributed by atoms with Gasteiger partial charge in [0.15, 0.2) is 9.84 Å².